The molecule has 21 heavy (non-hydrogen) atoms. The molecule has 1 saturated heterocycles. The molecule has 6 nitrogen and oxygen atoms in total. The highest BCUT2D eigenvalue weighted by Crippen LogP contribution is 2.31. The lowest BCUT2D eigenvalue weighted by atomic mass is 9.86. The molecule has 0 radical (unpaired) electrons. The monoisotopic (exact) mass is 300 g/mol. The van der Waals surface area contributed by atoms with E-state index in [0.29, 0.717) is 13.0 Å². The fraction of sp³-hybridized carbons (Fsp3) is 0.867. The number of likely N-dealkylation sites (tertiary alicyclic amines) is 1. The van der Waals surface area contributed by atoms with Crippen LogP contribution in [0.1, 0.15) is 47.5 Å². The fourth-order valence-electron chi connectivity index (χ4n) is 2.91. The number of aliphatic carboxylic acids is 1. The highest BCUT2D eigenvalue weighted by molar-refractivity contribution is 5.85. The zero-order valence-electron chi connectivity index (χ0n) is 14.0. The zero-order chi connectivity index (χ0) is 16.4. The maximum Gasteiger partial charge on any atom is 0.411 e. The first-order chi connectivity index (χ1) is 9.49. The number of hydrogen-bond acceptors (Lipinski definition) is 4. The van der Waals surface area contributed by atoms with Gasteiger partial charge in [0.05, 0.1) is 0 Å². The number of likely N-dealkylation sites (N-methyl/N-ethyl adjacent to an activating group) is 1. The Balaban J connectivity index is 3.16. The van der Waals surface area contributed by atoms with E-state index >= 15 is 0 Å². The third-order valence-electron chi connectivity index (χ3n) is 3.63. The molecule has 1 N–H and O–H groups in total. The lowest BCUT2D eigenvalue weighted by molar-refractivity contribution is -0.156. The minimum atomic E-state index is -1.22. The third kappa shape index (κ3) is 4.09. The van der Waals surface area contributed by atoms with Crippen molar-refractivity contribution in [2.24, 2.45) is 0 Å². The van der Waals surface area contributed by atoms with E-state index in [2.05, 4.69) is 0 Å². The largest absolute Gasteiger partial charge is 0.479 e. The van der Waals surface area contributed by atoms with Gasteiger partial charge in [0.2, 0.25) is 0 Å². The van der Waals surface area contributed by atoms with Crippen LogP contribution in [0.15, 0.2) is 0 Å². The summed E-state index contributed by atoms with van der Waals surface area (Å²) in [5, 5.41) is 9.80. The number of carboxylic acids is 1. The molecule has 6 heteroatoms. The van der Waals surface area contributed by atoms with Crippen molar-refractivity contribution in [2.45, 2.75) is 64.6 Å². The Morgan fingerprint density at radius 3 is 2.29 bits per heavy atom. The maximum absolute atomic E-state index is 12.5. The van der Waals surface area contributed by atoms with Gasteiger partial charge in [-0.25, -0.2) is 9.59 Å². The Bertz CT molecular complexity index is 403. The van der Waals surface area contributed by atoms with Crippen LogP contribution in [0, 0.1) is 0 Å². The quantitative estimate of drug-likeness (QED) is 0.865. The van der Waals surface area contributed by atoms with Crippen LogP contribution in [0.3, 0.4) is 0 Å². The molecular weight excluding hydrogens is 272 g/mol. The van der Waals surface area contributed by atoms with Crippen molar-refractivity contribution in [3.05, 3.63) is 0 Å². The molecular formula is C15H28N2O4. The minimum Gasteiger partial charge on any atom is -0.479 e. The van der Waals surface area contributed by atoms with Crippen molar-refractivity contribution in [1.82, 2.24) is 9.80 Å². The van der Waals surface area contributed by atoms with Gasteiger partial charge in [-0.1, -0.05) is 0 Å². The summed E-state index contributed by atoms with van der Waals surface area (Å²) in [6, 6.07) is -0.248. The first-order valence-electron chi connectivity index (χ1n) is 7.44. The number of nitrogens with zero attached hydrogens (tertiary/aromatic N) is 2. The highest BCUT2D eigenvalue weighted by atomic mass is 16.6. The summed E-state index contributed by atoms with van der Waals surface area (Å²) in [5.74, 6) is -0.964. The Labute approximate surface area is 127 Å². The van der Waals surface area contributed by atoms with Gasteiger partial charge < -0.3 is 14.7 Å². The SMILES string of the molecule is CC(C)N(C(=O)OC(C)(C)C)C1(C(=O)O)CCCN(C)C1. The molecule has 0 spiro atoms. The predicted molar refractivity (Wildman–Crippen MR) is 80.3 cm³/mol. The molecule has 0 aromatic carbocycles. The number of amides is 1. The zero-order valence-corrected chi connectivity index (χ0v) is 14.0. The fourth-order valence-corrected chi connectivity index (χ4v) is 2.91. The van der Waals surface area contributed by atoms with Gasteiger partial charge in [-0.15, -0.1) is 0 Å². The van der Waals surface area contributed by atoms with Gasteiger partial charge in [-0.3, -0.25) is 4.90 Å². The topological polar surface area (TPSA) is 70.1 Å². The van der Waals surface area contributed by atoms with Crippen molar-refractivity contribution in [3.8, 4) is 0 Å². The van der Waals surface area contributed by atoms with Gasteiger partial charge in [-0.05, 0) is 61.1 Å². The molecule has 0 saturated carbocycles. The first-order valence-corrected chi connectivity index (χ1v) is 7.44. The van der Waals surface area contributed by atoms with Crippen LogP contribution in [0.25, 0.3) is 0 Å². The number of carbonyl (C=O) groups is 2. The van der Waals surface area contributed by atoms with Gasteiger partial charge in [0.15, 0.2) is 5.54 Å². The summed E-state index contributed by atoms with van der Waals surface area (Å²) in [7, 11) is 1.88. The number of hydrogen-bond donors (Lipinski definition) is 1. The molecule has 1 rings (SSSR count). The molecule has 1 heterocycles. The van der Waals surface area contributed by atoms with E-state index in [-0.39, 0.29) is 6.04 Å². The molecule has 1 unspecified atom stereocenters. The van der Waals surface area contributed by atoms with Gasteiger partial charge in [-0.2, -0.15) is 0 Å². The molecule has 1 aliphatic rings. The van der Waals surface area contributed by atoms with Gasteiger partial charge in [0.25, 0.3) is 0 Å². The first kappa shape index (κ1) is 17.8. The van der Waals surface area contributed by atoms with Crippen LogP contribution in [0.4, 0.5) is 4.79 Å². The van der Waals surface area contributed by atoms with E-state index in [1.54, 1.807) is 20.8 Å². The Hall–Kier alpha value is -1.30. The lowest BCUT2D eigenvalue weighted by Gasteiger charge is -2.47. The second kappa shape index (κ2) is 6.22. The Morgan fingerprint density at radius 2 is 1.90 bits per heavy atom. The van der Waals surface area contributed by atoms with E-state index in [4.69, 9.17) is 4.74 Å². The molecule has 1 atom stereocenters. The molecule has 0 aliphatic carbocycles. The molecule has 0 aromatic rings. The van der Waals surface area contributed by atoms with E-state index in [1.165, 1.54) is 4.90 Å². The third-order valence-corrected chi connectivity index (χ3v) is 3.63. The molecule has 0 aromatic heterocycles. The lowest BCUT2D eigenvalue weighted by Crippen LogP contribution is -2.66. The highest BCUT2D eigenvalue weighted by Gasteiger charge is 2.51. The van der Waals surface area contributed by atoms with Gasteiger partial charge in [0, 0.05) is 12.6 Å². The number of rotatable bonds is 3. The summed E-state index contributed by atoms with van der Waals surface area (Å²) < 4.78 is 5.43. The molecule has 1 aliphatic heterocycles. The van der Waals surface area contributed by atoms with Crippen LogP contribution in [0.2, 0.25) is 0 Å². The van der Waals surface area contributed by atoms with Crippen molar-refractivity contribution in [3.63, 3.8) is 0 Å². The Kier molecular flexibility index (Phi) is 5.25. The van der Waals surface area contributed by atoms with Crippen LogP contribution in [-0.4, -0.2) is 64.3 Å². The van der Waals surface area contributed by atoms with Crippen LogP contribution >= 0.6 is 0 Å². The number of carboxylic acid groups (broad SMARTS) is 1. The maximum atomic E-state index is 12.5. The second-order valence-electron chi connectivity index (χ2n) is 7.12. The second-order valence-corrected chi connectivity index (χ2v) is 7.12. The number of piperidine rings is 1. The average Bonchev–Trinajstić information content (AvgIpc) is 2.25. The Morgan fingerprint density at radius 1 is 1.33 bits per heavy atom. The standard InChI is InChI=1S/C15H28N2O4/c1-11(2)17(13(20)21-14(3,4)5)15(12(18)19)8-7-9-16(6)10-15/h11H,7-10H2,1-6H3,(H,18,19). The number of ether oxygens (including phenoxy) is 1. The van der Waals surface area contributed by atoms with Gasteiger partial charge >= 0.3 is 12.1 Å². The minimum absolute atomic E-state index is 0.248. The predicted octanol–water partition coefficient (Wildman–Crippen LogP) is 2.18. The van der Waals surface area contributed by atoms with Crippen molar-refractivity contribution in [1.29, 1.82) is 0 Å². The van der Waals surface area contributed by atoms with Gasteiger partial charge in [0.1, 0.15) is 5.60 Å². The molecule has 0 bridgehead atoms. The molecule has 122 valence electrons. The summed E-state index contributed by atoms with van der Waals surface area (Å²) in [6.07, 6.45) is 0.633. The van der Waals surface area contributed by atoms with E-state index in [1.807, 2.05) is 25.8 Å². The van der Waals surface area contributed by atoms with E-state index in [9.17, 15) is 14.7 Å². The van der Waals surface area contributed by atoms with E-state index < -0.39 is 23.2 Å². The molecule has 1 amide bonds. The van der Waals surface area contributed by atoms with Crippen LogP contribution < -0.4 is 0 Å². The average molecular weight is 300 g/mol. The summed E-state index contributed by atoms with van der Waals surface area (Å²) in [6.45, 7) is 10.2. The summed E-state index contributed by atoms with van der Waals surface area (Å²) in [4.78, 5) is 27.9. The molecule has 1 fully saturated rings. The van der Waals surface area contributed by atoms with Crippen LogP contribution in [0.5, 0.6) is 0 Å². The van der Waals surface area contributed by atoms with Crippen molar-refractivity contribution < 1.29 is 19.4 Å². The normalized spacial score (nSPS) is 24.0. The van der Waals surface area contributed by atoms with Crippen LogP contribution in [-0.2, 0) is 9.53 Å². The number of carbonyl (C=O) groups excluding carboxylic acids is 1. The summed E-state index contributed by atoms with van der Waals surface area (Å²) in [5.41, 5.74) is -1.87. The summed E-state index contributed by atoms with van der Waals surface area (Å²) >= 11 is 0. The van der Waals surface area contributed by atoms with E-state index in [0.717, 1.165) is 13.0 Å². The van der Waals surface area contributed by atoms with Crippen molar-refractivity contribution >= 4 is 12.1 Å². The van der Waals surface area contributed by atoms with Crippen molar-refractivity contribution in [2.75, 3.05) is 20.1 Å². The smallest absolute Gasteiger partial charge is 0.411 e.